The highest BCUT2D eigenvalue weighted by molar-refractivity contribution is 5.76. The summed E-state index contributed by atoms with van der Waals surface area (Å²) in [5.74, 6) is 0.319. The first-order valence-corrected chi connectivity index (χ1v) is 7.62. The predicted octanol–water partition coefficient (Wildman–Crippen LogP) is 1.89. The fourth-order valence-electron chi connectivity index (χ4n) is 3.10. The largest absolute Gasteiger partial charge is 0.396 e. The number of hydrogen-bond donors (Lipinski definition) is 2. The van der Waals surface area contributed by atoms with Crippen LogP contribution in [-0.4, -0.2) is 33.2 Å². The molecule has 0 bridgehead atoms. The highest BCUT2D eigenvalue weighted by atomic mass is 16.3. The fourth-order valence-corrected chi connectivity index (χ4v) is 3.10. The molecule has 0 saturated heterocycles. The third-order valence-corrected chi connectivity index (χ3v) is 4.23. The molecule has 1 aromatic heterocycles. The van der Waals surface area contributed by atoms with E-state index in [1.54, 1.807) is 12.5 Å². The maximum Gasteiger partial charge on any atom is 0.222 e. The Labute approximate surface area is 120 Å². The zero-order valence-corrected chi connectivity index (χ0v) is 12.2. The SMILES string of the molecule is CCCC(CC(=O)NC1CCCC1CO)n1ccnc1. The van der Waals surface area contributed by atoms with Crippen molar-refractivity contribution >= 4 is 5.91 Å². The molecule has 1 aliphatic rings. The lowest BCUT2D eigenvalue weighted by Gasteiger charge is -2.22. The molecule has 20 heavy (non-hydrogen) atoms. The van der Waals surface area contributed by atoms with Crippen molar-refractivity contribution in [1.82, 2.24) is 14.9 Å². The minimum Gasteiger partial charge on any atom is -0.396 e. The van der Waals surface area contributed by atoms with Gasteiger partial charge in [0.25, 0.3) is 0 Å². The lowest BCUT2D eigenvalue weighted by Crippen LogP contribution is -2.39. The Bertz CT molecular complexity index is 405. The molecule has 0 radical (unpaired) electrons. The smallest absolute Gasteiger partial charge is 0.222 e. The van der Waals surface area contributed by atoms with Gasteiger partial charge < -0.3 is 15.0 Å². The maximum absolute atomic E-state index is 12.2. The molecule has 1 aliphatic carbocycles. The Morgan fingerprint density at radius 2 is 2.40 bits per heavy atom. The summed E-state index contributed by atoms with van der Waals surface area (Å²) in [6.07, 6.45) is 11.0. The van der Waals surface area contributed by atoms with Gasteiger partial charge in [0.15, 0.2) is 0 Å². The van der Waals surface area contributed by atoms with Gasteiger partial charge in [0.1, 0.15) is 0 Å². The van der Waals surface area contributed by atoms with Gasteiger partial charge in [0, 0.05) is 43.4 Å². The zero-order valence-electron chi connectivity index (χ0n) is 12.2. The number of nitrogens with one attached hydrogen (secondary N) is 1. The highest BCUT2D eigenvalue weighted by Gasteiger charge is 2.28. The Kier molecular flexibility index (Phi) is 5.59. The number of aliphatic hydroxyl groups is 1. The van der Waals surface area contributed by atoms with E-state index in [9.17, 15) is 9.90 Å². The van der Waals surface area contributed by atoms with Crippen LogP contribution in [0.25, 0.3) is 0 Å². The molecule has 2 rings (SSSR count). The van der Waals surface area contributed by atoms with E-state index in [4.69, 9.17) is 0 Å². The Balaban J connectivity index is 1.88. The number of carbonyl (C=O) groups excluding carboxylic acids is 1. The van der Waals surface area contributed by atoms with Gasteiger partial charge in [-0.2, -0.15) is 0 Å². The average molecular weight is 279 g/mol. The van der Waals surface area contributed by atoms with E-state index < -0.39 is 0 Å². The van der Waals surface area contributed by atoms with Gasteiger partial charge in [-0.15, -0.1) is 0 Å². The Morgan fingerprint density at radius 3 is 3.05 bits per heavy atom. The van der Waals surface area contributed by atoms with Crippen molar-refractivity contribution in [3.05, 3.63) is 18.7 Å². The topological polar surface area (TPSA) is 67.2 Å². The van der Waals surface area contributed by atoms with Gasteiger partial charge in [-0.1, -0.05) is 19.8 Å². The van der Waals surface area contributed by atoms with E-state index in [2.05, 4.69) is 17.2 Å². The van der Waals surface area contributed by atoms with Crippen LogP contribution in [0, 0.1) is 5.92 Å². The van der Waals surface area contributed by atoms with Crippen molar-refractivity contribution in [3.63, 3.8) is 0 Å². The third kappa shape index (κ3) is 3.82. The second-order valence-electron chi connectivity index (χ2n) is 5.70. The molecule has 0 aromatic carbocycles. The number of rotatable bonds is 7. The van der Waals surface area contributed by atoms with Crippen LogP contribution >= 0.6 is 0 Å². The predicted molar refractivity (Wildman–Crippen MR) is 77.1 cm³/mol. The molecule has 3 atom stereocenters. The quantitative estimate of drug-likeness (QED) is 0.801. The lowest BCUT2D eigenvalue weighted by atomic mass is 10.0. The standard InChI is InChI=1S/C15H25N3O2/c1-2-4-13(18-8-7-16-11-18)9-15(20)17-14-6-3-5-12(14)10-19/h7-8,11-14,19H,2-6,9-10H2,1H3,(H,17,20). The number of amides is 1. The van der Waals surface area contributed by atoms with Crippen LogP contribution in [0.5, 0.6) is 0 Å². The van der Waals surface area contributed by atoms with Crippen molar-refractivity contribution < 1.29 is 9.90 Å². The molecule has 5 nitrogen and oxygen atoms in total. The number of aliphatic hydroxyl groups excluding tert-OH is 1. The summed E-state index contributed by atoms with van der Waals surface area (Å²) in [7, 11) is 0. The van der Waals surface area contributed by atoms with Crippen LogP contribution in [0.15, 0.2) is 18.7 Å². The maximum atomic E-state index is 12.2. The third-order valence-electron chi connectivity index (χ3n) is 4.23. The molecule has 0 aliphatic heterocycles. The van der Waals surface area contributed by atoms with Crippen molar-refractivity contribution in [2.75, 3.05) is 6.61 Å². The van der Waals surface area contributed by atoms with Crippen LogP contribution < -0.4 is 5.32 Å². The number of hydrogen-bond acceptors (Lipinski definition) is 3. The number of carbonyl (C=O) groups is 1. The molecule has 2 N–H and O–H groups in total. The van der Waals surface area contributed by atoms with Crippen LogP contribution in [0.1, 0.15) is 51.5 Å². The average Bonchev–Trinajstić information content (AvgIpc) is 3.09. The second-order valence-corrected chi connectivity index (χ2v) is 5.70. The van der Waals surface area contributed by atoms with Gasteiger partial charge in [-0.25, -0.2) is 4.98 Å². The minimum atomic E-state index is 0.0856. The van der Waals surface area contributed by atoms with Crippen LogP contribution in [0.3, 0.4) is 0 Å². The molecule has 1 saturated carbocycles. The monoisotopic (exact) mass is 279 g/mol. The summed E-state index contributed by atoms with van der Waals surface area (Å²) in [6.45, 7) is 2.30. The number of aromatic nitrogens is 2. The number of nitrogens with zero attached hydrogens (tertiary/aromatic N) is 2. The van der Waals surface area contributed by atoms with Gasteiger partial charge >= 0.3 is 0 Å². The van der Waals surface area contributed by atoms with Crippen molar-refractivity contribution in [1.29, 1.82) is 0 Å². The number of imidazole rings is 1. The Hall–Kier alpha value is -1.36. The second kappa shape index (κ2) is 7.43. The van der Waals surface area contributed by atoms with E-state index in [-0.39, 0.29) is 30.5 Å². The summed E-state index contributed by atoms with van der Waals surface area (Å²) in [5.41, 5.74) is 0. The molecule has 1 heterocycles. The van der Waals surface area contributed by atoms with E-state index in [0.717, 1.165) is 32.1 Å². The van der Waals surface area contributed by atoms with E-state index in [1.807, 2.05) is 10.8 Å². The minimum absolute atomic E-state index is 0.0856. The highest BCUT2D eigenvalue weighted by Crippen LogP contribution is 2.25. The summed E-state index contributed by atoms with van der Waals surface area (Å²) in [6, 6.07) is 0.328. The summed E-state index contributed by atoms with van der Waals surface area (Å²) >= 11 is 0. The zero-order chi connectivity index (χ0) is 14.4. The molecular formula is C15H25N3O2. The normalized spacial score (nSPS) is 23.7. The molecule has 0 spiro atoms. The first-order valence-electron chi connectivity index (χ1n) is 7.62. The van der Waals surface area contributed by atoms with E-state index in [1.165, 1.54) is 0 Å². The molecule has 1 fully saturated rings. The molecule has 112 valence electrons. The Morgan fingerprint density at radius 1 is 1.55 bits per heavy atom. The first-order chi connectivity index (χ1) is 9.74. The van der Waals surface area contributed by atoms with E-state index >= 15 is 0 Å². The summed E-state index contributed by atoms with van der Waals surface area (Å²) < 4.78 is 2.02. The van der Waals surface area contributed by atoms with Crippen molar-refractivity contribution in [2.45, 2.75) is 57.5 Å². The summed E-state index contributed by atoms with van der Waals surface area (Å²) in [4.78, 5) is 16.3. The molecular weight excluding hydrogens is 254 g/mol. The molecule has 1 amide bonds. The summed E-state index contributed by atoms with van der Waals surface area (Å²) in [5, 5.41) is 12.4. The molecule has 1 aromatic rings. The van der Waals surface area contributed by atoms with Gasteiger partial charge in [-0.05, 0) is 19.3 Å². The first kappa shape index (κ1) is 15.0. The molecule has 3 unspecified atom stereocenters. The fraction of sp³-hybridized carbons (Fsp3) is 0.733. The van der Waals surface area contributed by atoms with Gasteiger partial charge in [-0.3, -0.25) is 4.79 Å². The lowest BCUT2D eigenvalue weighted by molar-refractivity contribution is -0.122. The van der Waals surface area contributed by atoms with Crippen LogP contribution in [0.4, 0.5) is 0 Å². The van der Waals surface area contributed by atoms with Gasteiger partial charge in [0.2, 0.25) is 5.91 Å². The van der Waals surface area contributed by atoms with Gasteiger partial charge in [0.05, 0.1) is 6.33 Å². The van der Waals surface area contributed by atoms with E-state index in [0.29, 0.717) is 6.42 Å². The molecule has 5 heteroatoms. The van der Waals surface area contributed by atoms with Crippen LogP contribution in [0.2, 0.25) is 0 Å². The van der Waals surface area contributed by atoms with Crippen molar-refractivity contribution in [2.24, 2.45) is 5.92 Å². The van der Waals surface area contributed by atoms with Crippen LogP contribution in [-0.2, 0) is 4.79 Å². The van der Waals surface area contributed by atoms with Crippen molar-refractivity contribution in [3.8, 4) is 0 Å².